The smallest absolute Gasteiger partial charge is 0.000732 e. The lowest BCUT2D eigenvalue weighted by Crippen LogP contribution is -1.94. The Morgan fingerprint density at radius 3 is 2.90 bits per heavy atom. The molecule has 1 unspecified atom stereocenters. The van der Waals surface area contributed by atoms with Gasteiger partial charge in [0.05, 0.1) is 0 Å². The van der Waals surface area contributed by atoms with Crippen LogP contribution in [0.2, 0.25) is 0 Å². The van der Waals surface area contributed by atoms with Crippen LogP contribution in [0.5, 0.6) is 0 Å². The molecule has 0 fully saturated rings. The molecule has 0 aromatic rings. The molecule has 0 nitrogen and oxygen atoms in total. The van der Waals surface area contributed by atoms with Gasteiger partial charge in [0.1, 0.15) is 0 Å². The van der Waals surface area contributed by atoms with Gasteiger partial charge in [-0.25, -0.2) is 0 Å². The first-order valence-electron chi connectivity index (χ1n) is 3.52. The molecule has 1 atom stereocenters. The standard InChI is InChI=1S/C10H12/c1-3-6-10-8-5-4-7-9(10)2/h3-9H,1H2,2H3/b10-6+. The quantitative estimate of drug-likeness (QED) is 0.514. The summed E-state index contributed by atoms with van der Waals surface area (Å²) in [6, 6.07) is 0. The zero-order valence-electron chi connectivity index (χ0n) is 6.25. The van der Waals surface area contributed by atoms with Crippen LogP contribution in [-0.2, 0) is 0 Å². The van der Waals surface area contributed by atoms with Crippen LogP contribution >= 0.6 is 0 Å². The molecular weight excluding hydrogens is 120 g/mol. The molecule has 0 heterocycles. The zero-order valence-corrected chi connectivity index (χ0v) is 6.25. The molecule has 0 bridgehead atoms. The maximum atomic E-state index is 3.65. The molecule has 1 aliphatic carbocycles. The predicted molar refractivity (Wildman–Crippen MR) is 45.7 cm³/mol. The summed E-state index contributed by atoms with van der Waals surface area (Å²) in [5.41, 5.74) is 1.33. The normalized spacial score (nSPS) is 27.3. The first kappa shape index (κ1) is 7.07. The van der Waals surface area contributed by atoms with Gasteiger partial charge in [0.2, 0.25) is 0 Å². The topological polar surface area (TPSA) is 0 Å². The lowest BCUT2D eigenvalue weighted by molar-refractivity contribution is 0.884. The lowest BCUT2D eigenvalue weighted by atomic mass is 9.96. The summed E-state index contributed by atoms with van der Waals surface area (Å²) in [6.07, 6.45) is 12.3. The highest BCUT2D eigenvalue weighted by Gasteiger charge is 2.01. The van der Waals surface area contributed by atoms with Gasteiger partial charge in [0.25, 0.3) is 0 Å². The largest absolute Gasteiger partial charge is 0.0991 e. The zero-order chi connectivity index (χ0) is 7.40. The second-order valence-electron chi connectivity index (χ2n) is 2.44. The molecule has 1 aliphatic rings. The second kappa shape index (κ2) is 3.21. The van der Waals surface area contributed by atoms with Crippen LogP contribution in [0.25, 0.3) is 0 Å². The summed E-state index contributed by atoms with van der Waals surface area (Å²) in [5, 5.41) is 0. The fraction of sp³-hybridized carbons (Fsp3) is 0.200. The van der Waals surface area contributed by atoms with Gasteiger partial charge < -0.3 is 0 Å². The highest BCUT2D eigenvalue weighted by atomic mass is 14.1. The molecular formula is C10H12. The predicted octanol–water partition coefficient (Wildman–Crippen LogP) is 2.86. The van der Waals surface area contributed by atoms with Gasteiger partial charge in [-0.05, 0) is 11.5 Å². The molecule has 0 radical (unpaired) electrons. The van der Waals surface area contributed by atoms with Gasteiger partial charge in [0.15, 0.2) is 0 Å². The third kappa shape index (κ3) is 1.47. The van der Waals surface area contributed by atoms with E-state index in [1.165, 1.54) is 5.57 Å². The number of allylic oxidation sites excluding steroid dienone is 7. The Labute approximate surface area is 62.3 Å². The average Bonchev–Trinajstić information content (AvgIpc) is 1.94. The molecule has 0 aromatic carbocycles. The lowest BCUT2D eigenvalue weighted by Gasteiger charge is -2.09. The van der Waals surface area contributed by atoms with Crippen molar-refractivity contribution in [2.45, 2.75) is 6.92 Å². The molecule has 52 valence electrons. The van der Waals surface area contributed by atoms with Gasteiger partial charge in [0, 0.05) is 0 Å². The van der Waals surface area contributed by atoms with Crippen LogP contribution in [0.4, 0.5) is 0 Å². The molecule has 0 amide bonds. The van der Waals surface area contributed by atoms with E-state index in [-0.39, 0.29) is 0 Å². The minimum Gasteiger partial charge on any atom is -0.0991 e. The minimum atomic E-state index is 0.544. The van der Waals surface area contributed by atoms with Crippen LogP contribution < -0.4 is 0 Å². The van der Waals surface area contributed by atoms with Crippen molar-refractivity contribution in [1.82, 2.24) is 0 Å². The molecule has 1 rings (SSSR count). The highest BCUT2D eigenvalue weighted by Crippen LogP contribution is 2.17. The van der Waals surface area contributed by atoms with E-state index in [1.54, 1.807) is 0 Å². The van der Waals surface area contributed by atoms with Crippen molar-refractivity contribution < 1.29 is 0 Å². The van der Waals surface area contributed by atoms with Crippen LogP contribution in [-0.4, -0.2) is 0 Å². The third-order valence-corrected chi connectivity index (χ3v) is 1.64. The van der Waals surface area contributed by atoms with Gasteiger partial charge >= 0.3 is 0 Å². The van der Waals surface area contributed by atoms with Crippen molar-refractivity contribution in [2.24, 2.45) is 5.92 Å². The maximum absolute atomic E-state index is 3.65. The summed E-state index contributed by atoms with van der Waals surface area (Å²) in [4.78, 5) is 0. The molecule has 0 saturated heterocycles. The monoisotopic (exact) mass is 132 g/mol. The first-order chi connectivity index (χ1) is 4.84. The Morgan fingerprint density at radius 2 is 2.30 bits per heavy atom. The fourth-order valence-corrected chi connectivity index (χ4v) is 1.00. The van der Waals surface area contributed by atoms with Crippen molar-refractivity contribution in [2.75, 3.05) is 0 Å². The van der Waals surface area contributed by atoms with Crippen molar-refractivity contribution in [3.05, 3.63) is 48.6 Å². The maximum Gasteiger partial charge on any atom is -0.000732 e. The molecule has 10 heavy (non-hydrogen) atoms. The van der Waals surface area contributed by atoms with E-state index in [0.29, 0.717) is 5.92 Å². The molecule has 0 saturated carbocycles. The van der Waals surface area contributed by atoms with E-state index in [9.17, 15) is 0 Å². The van der Waals surface area contributed by atoms with E-state index < -0.39 is 0 Å². The van der Waals surface area contributed by atoms with E-state index in [4.69, 9.17) is 0 Å². The van der Waals surface area contributed by atoms with Crippen LogP contribution in [0.3, 0.4) is 0 Å². The van der Waals surface area contributed by atoms with Gasteiger partial charge in [-0.1, -0.05) is 50.0 Å². The highest BCUT2D eigenvalue weighted by molar-refractivity contribution is 5.34. The van der Waals surface area contributed by atoms with Gasteiger partial charge in [-0.3, -0.25) is 0 Å². The Hall–Kier alpha value is -1.04. The van der Waals surface area contributed by atoms with Crippen LogP contribution in [0.1, 0.15) is 6.92 Å². The number of hydrogen-bond donors (Lipinski definition) is 0. The molecule has 0 aromatic heterocycles. The minimum absolute atomic E-state index is 0.544. The van der Waals surface area contributed by atoms with Crippen LogP contribution in [0.15, 0.2) is 48.6 Å². The third-order valence-electron chi connectivity index (χ3n) is 1.64. The van der Waals surface area contributed by atoms with E-state index in [2.05, 4.69) is 37.8 Å². The summed E-state index contributed by atoms with van der Waals surface area (Å²) in [6.45, 7) is 5.83. The number of hydrogen-bond acceptors (Lipinski definition) is 0. The van der Waals surface area contributed by atoms with Crippen molar-refractivity contribution >= 4 is 0 Å². The Bertz CT molecular complexity index is 204. The van der Waals surface area contributed by atoms with Crippen molar-refractivity contribution in [3.8, 4) is 0 Å². The molecule has 0 spiro atoms. The summed E-state index contributed by atoms with van der Waals surface area (Å²) < 4.78 is 0. The second-order valence-corrected chi connectivity index (χ2v) is 2.44. The fourth-order valence-electron chi connectivity index (χ4n) is 1.00. The summed E-state index contributed by atoms with van der Waals surface area (Å²) >= 11 is 0. The van der Waals surface area contributed by atoms with Gasteiger partial charge in [-0.2, -0.15) is 0 Å². The van der Waals surface area contributed by atoms with Crippen LogP contribution in [0, 0.1) is 5.92 Å². The average molecular weight is 132 g/mol. The van der Waals surface area contributed by atoms with Crippen molar-refractivity contribution in [3.63, 3.8) is 0 Å². The summed E-state index contributed by atoms with van der Waals surface area (Å²) in [5.74, 6) is 0.544. The molecule has 0 N–H and O–H groups in total. The van der Waals surface area contributed by atoms with E-state index >= 15 is 0 Å². The van der Waals surface area contributed by atoms with Crippen molar-refractivity contribution in [1.29, 1.82) is 0 Å². The molecule has 0 heteroatoms. The number of rotatable bonds is 1. The Morgan fingerprint density at radius 1 is 1.50 bits per heavy atom. The SMILES string of the molecule is C=C/C=C1\C=CC=CC1C. The van der Waals surface area contributed by atoms with E-state index in [1.807, 2.05) is 12.2 Å². The van der Waals surface area contributed by atoms with Gasteiger partial charge in [-0.15, -0.1) is 0 Å². The summed E-state index contributed by atoms with van der Waals surface area (Å²) in [7, 11) is 0. The van der Waals surface area contributed by atoms with E-state index in [0.717, 1.165) is 0 Å². The molecule has 0 aliphatic heterocycles. The first-order valence-corrected chi connectivity index (χ1v) is 3.52. The Kier molecular flexibility index (Phi) is 2.27. The Balaban J connectivity index is 2.79.